The van der Waals surface area contributed by atoms with Crippen molar-refractivity contribution in [1.82, 2.24) is 4.98 Å². The number of halogens is 2. The summed E-state index contributed by atoms with van der Waals surface area (Å²) >= 11 is 5.99. The van der Waals surface area contributed by atoms with Gasteiger partial charge in [0.25, 0.3) is 0 Å². The first kappa shape index (κ1) is 25.1. The highest BCUT2D eigenvalue weighted by Gasteiger charge is 2.37. The first-order valence-corrected chi connectivity index (χ1v) is 14.3. The minimum Gasteiger partial charge on any atom is -0.481 e. The van der Waals surface area contributed by atoms with Crippen molar-refractivity contribution in [2.75, 3.05) is 29.5 Å². The number of carboxylic acids is 1. The predicted octanol–water partition coefficient (Wildman–Crippen LogP) is 6.73. The third-order valence-corrected chi connectivity index (χ3v) is 9.10. The maximum Gasteiger partial charge on any atom is 0.307 e. The molecule has 0 amide bonds. The Bertz CT molecular complexity index is 1260. The summed E-state index contributed by atoms with van der Waals surface area (Å²) in [6.07, 6.45) is 2.91. The molecule has 0 radical (unpaired) electrons. The van der Waals surface area contributed by atoms with Crippen molar-refractivity contribution in [3.8, 4) is 22.7 Å². The van der Waals surface area contributed by atoms with E-state index < -0.39 is 28.3 Å². The van der Waals surface area contributed by atoms with Gasteiger partial charge in [-0.15, -0.1) is 0 Å². The van der Waals surface area contributed by atoms with Gasteiger partial charge in [-0.1, -0.05) is 42.6 Å². The number of carboxylic acid groups (broad SMARTS) is 1. The lowest BCUT2D eigenvalue weighted by atomic mass is 9.77. The Morgan fingerprint density at radius 2 is 1.78 bits per heavy atom. The van der Waals surface area contributed by atoms with E-state index in [0.29, 0.717) is 48.9 Å². The van der Waals surface area contributed by atoms with Crippen LogP contribution in [0.15, 0.2) is 46.9 Å². The number of hydrogen-bond donors (Lipinski definition) is 3. The number of anilines is 1. The summed E-state index contributed by atoms with van der Waals surface area (Å²) in [5, 5.41) is 9.83. The van der Waals surface area contributed by atoms with E-state index in [-0.39, 0.29) is 22.4 Å². The van der Waals surface area contributed by atoms with Gasteiger partial charge in [-0.3, -0.25) is 13.9 Å². The first-order valence-electron chi connectivity index (χ1n) is 12.0. The summed E-state index contributed by atoms with van der Waals surface area (Å²) < 4.78 is 40.8. The van der Waals surface area contributed by atoms with E-state index in [1.54, 1.807) is 12.1 Å². The van der Waals surface area contributed by atoms with Crippen molar-refractivity contribution in [2.24, 2.45) is 5.92 Å². The Hall–Kier alpha value is -2.59. The smallest absolute Gasteiger partial charge is 0.307 e. The van der Waals surface area contributed by atoms with Gasteiger partial charge in [0, 0.05) is 30.3 Å². The van der Waals surface area contributed by atoms with Gasteiger partial charge in [0.15, 0.2) is 5.82 Å². The Kier molecular flexibility index (Phi) is 7.00. The van der Waals surface area contributed by atoms with Crippen LogP contribution in [0.4, 0.5) is 10.1 Å². The molecule has 7 nitrogen and oxygen atoms in total. The first-order chi connectivity index (χ1) is 17.2. The summed E-state index contributed by atoms with van der Waals surface area (Å²) in [4.78, 5) is 18.8. The van der Waals surface area contributed by atoms with E-state index in [1.165, 1.54) is 6.07 Å². The zero-order chi connectivity index (χ0) is 25.4. The lowest BCUT2D eigenvalue weighted by molar-refractivity contribution is -0.143. The minimum atomic E-state index is -2.49. The van der Waals surface area contributed by atoms with Gasteiger partial charge >= 0.3 is 5.97 Å². The molecule has 3 aromatic rings. The monoisotopic (exact) mass is 534 g/mol. The zero-order valence-electron chi connectivity index (χ0n) is 19.6. The molecular formula is C26H28ClFN2O5S. The topological polar surface area (TPSA) is 107 Å². The van der Waals surface area contributed by atoms with E-state index in [1.807, 2.05) is 24.3 Å². The minimum absolute atomic E-state index is 0.0441. The van der Waals surface area contributed by atoms with Gasteiger partial charge < -0.3 is 14.4 Å². The second-order valence-corrected chi connectivity index (χ2v) is 12.2. The van der Waals surface area contributed by atoms with Crippen LogP contribution < -0.4 is 4.90 Å². The van der Waals surface area contributed by atoms with Gasteiger partial charge in [0.1, 0.15) is 11.5 Å². The summed E-state index contributed by atoms with van der Waals surface area (Å²) in [7, 11) is -2.49. The normalized spacial score (nSPS) is 22.8. The fraction of sp³-hybridized carbons (Fsp3) is 0.385. The molecule has 36 heavy (non-hydrogen) atoms. The van der Waals surface area contributed by atoms with Gasteiger partial charge in [-0.25, -0.2) is 9.37 Å². The summed E-state index contributed by atoms with van der Waals surface area (Å²) in [6, 6.07) is 12.2. The molecule has 0 unspecified atom stereocenters. The summed E-state index contributed by atoms with van der Waals surface area (Å²) in [5.41, 5.74) is 2.31. The molecule has 10 heteroatoms. The number of nitrogens with zero attached hydrogens (tertiary/aromatic N) is 2. The molecule has 0 bridgehead atoms. The molecule has 2 aromatic carbocycles. The summed E-state index contributed by atoms with van der Waals surface area (Å²) in [5.74, 6) is -1.27. The van der Waals surface area contributed by atoms with Crippen LogP contribution >= 0.6 is 22.2 Å². The quantitative estimate of drug-likeness (QED) is 0.333. The molecule has 1 saturated heterocycles. The maximum absolute atomic E-state index is 14.8. The molecule has 2 atom stereocenters. The molecule has 2 fully saturated rings. The van der Waals surface area contributed by atoms with Crippen LogP contribution in [0.1, 0.15) is 37.4 Å². The maximum atomic E-state index is 14.8. The number of benzene rings is 2. The standard InChI is InChI=1S/C26H28ClFN2O5S/c27-21-7-3-6-20(22(21)28)25-29-23(24(35-25)18-4-1-2-5-19(18)26(31)32)16-8-10-17(11-9-16)30-12-14-36(33,34)15-13-30/h3,6-11,18-19,33-34H,1-2,4-5,12-15H2,(H,31,32)/t18-,19-/m1/s1. The van der Waals surface area contributed by atoms with Crippen LogP contribution in [0.3, 0.4) is 0 Å². The number of oxazole rings is 1. The number of hydrogen-bond acceptors (Lipinski definition) is 6. The van der Waals surface area contributed by atoms with Crippen molar-refractivity contribution >= 4 is 33.8 Å². The molecule has 2 aliphatic rings. The van der Waals surface area contributed by atoms with Crippen molar-refractivity contribution in [1.29, 1.82) is 0 Å². The Labute approximate surface area is 215 Å². The predicted molar refractivity (Wildman–Crippen MR) is 139 cm³/mol. The average Bonchev–Trinajstić information content (AvgIpc) is 3.31. The molecule has 1 aliphatic carbocycles. The van der Waals surface area contributed by atoms with Gasteiger partial charge in [-0.05, 0) is 37.1 Å². The van der Waals surface area contributed by atoms with Crippen LogP contribution in [0.25, 0.3) is 22.7 Å². The molecule has 1 aromatic heterocycles. The van der Waals surface area contributed by atoms with Crippen molar-refractivity contribution in [3.63, 3.8) is 0 Å². The van der Waals surface area contributed by atoms with Gasteiger partial charge in [0.2, 0.25) is 5.89 Å². The number of rotatable bonds is 5. The Balaban J connectivity index is 1.54. The second kappa shape index (κ2) is 10.0. The number of aliphatic carboxylic acids is 1. The van der Waals surface area contributed by atoms with Gasteiger partial charge in [-0.2, -0.15) is 10.6 Å². The average molecular weight is 535 g/mol. The Morgan fingerprint density at radius 3 is 2.47 bits per heavy atom. The largest absolute Gasteiger partial charge is 0.481 e. The lowest BCUT2D eigenvalue weighted by Gasteiger charge is -2.41. The van der Waals surface area contributed by atoms with Crippen molar-refractivity contribution in [2.45, 2.75) is 31.6 Å². The zero-order valence-corrected chi connectivity index (χ0v) is 21.1. The molecule has 2 heterocycles. The van der Waals surface area contributed by atoms with Crippen LogP contribution in [-0.2, 0) is 4.79 Å². The van der Waals surface area contributed by atoms with Crippen LogP contribution in [0, 0.1) is 11.7 Å². The van der Waals surface area contributed by atoms with Crippen LogP contribution in [0.2, 0.25) is 5.02 Å². The third kappa shape index (κ3) is 4.98. The van der Waals surface area contributed by atoms with Crippen molar-refractivity contribution < 1.29 is 27.8 Å². The van der Waals surface area contributed by atoms with Crippen LogP contribution in [-0.4, -0.2) is 49.8 Å². The molecule has 192 valence electrons. The summed E-state index contributed by atoms with van der Waals surface area (Å²) in [6.45, 7) is 1.11. The van der Waals surface area contributed by atoms with E-state index in [0.717, 1.165) is 24.1 Å². The number of aromatic nitrogens is 1. The highest BCUT2D eigenvalue weighted by Crippen LogP contribution is 2.45. The van der Waals surface area contributed by atoms with E-state index in [9.17, 15) is 23.4 Å². The molecule has 1 aliphatic heterocycles. The highest BCUT2D eigenvalue weighted by atomic mass is 35.5. The molecular weight excluding hydrogens is 507 g/mol. The highest BCUT2D eigenvalue weighted by molar-refractivity contribution is 8.24. The molecule has 3 N–H and O–H groups in total. The van der Waals surface area contributed by atoms with Crippen molar-refractivity contribution in [3.05, 3.63) is 59.1 Å². The third-order valence-electron chi connectivity index (χ3n) is 7.14. The van der Waals surface area contributed by atoms with E-state index in [4.69, 9.17) is 16.0 Å². The fourth-order valence-electron chi connectivity index (χ4n) is 5.13. The second-order valence-electron chi connectivity index (χ2n) is 9.41. The molecule has 1 saturated carbocycles. The molecule has 5 rings (SSSR count). The van der Waals surface area contributed by atoms with Crippen LogP contribution in [0.5, 0.6) is 0 Å². The lowest BCUT2D eigenvalue weighted by Crippen LogP contribution is -2.38. The van der Waals surface area contributed by atoms with E-state index in [2.05, 4.69) is 9.88 Å². The number of carbonyl (C=O) groups is 1. The van der Waals surface area contributed by atoms with E-state index >= 15 is 0 Å². The molecule has 0 spiro atoms. The SMILES string of the molecule is O=C(O)[C@@H]1CCCC[C@H]1c1oc(-c2cccc(Cl)c2F)nc1-c1ccc(N2CCS(O)(O)CC2)cc1. The Morgan fingerprint density at radius 1 is 1.08 bits per heavy atom. The van der Waals surface area contributed by atoms with Gasteiger partial charge in [0.05, 0.1) is 28.0 Å². The fourth-order valence-corrected chi connectivity index (χ4v) is 6.53.